The molecule has 6 nitrogen and oxygen atoms in total. The van der Waals surface area contributed by atoms with Crippen molar-refractivity contribution in [1.29, 1.82) is 0 Å². The van der Waals surface area contributed by atoms with E-state index in [1.807, 2.05) is 43.3 Å². The van der Waals surface area contributed by atoms with Gasteiger partial charge in [0.1, 0.15) is 26.2 Å². The Morgan fingerprint density at radius 2 is 1.73 bits per heavy atom. The average molecular weight is 356 g/mol. The predicted octanol–water partition coefficient (Wildman–Crippen LogP) is -1.30. The quantitative estimate of drug-likeness (QED) is 0.538. The van der Waals surface area contributed by atoms with Gasteiger partial charge in [-0.05, 0) is 29.8 Å². The van der Waals surface area contributed by atoms with Crippen molar-refractivity contribution < 1.29 is 19.4 Å². The monoisotopic (exact) mass is 356 g/mol. The molecule has 1 saturated heterocycles. The molecule has 0 unspecified atom stereocenters. The molecule has 0 bridgehead atoms. The molecule has 2 amide bonds. The van der Waals surface area contributed by atoms with Crippen LogP contribution < -0.4 is 20.4 Å². The van der Waals surface area contributed by atoms with Crippen LogP contribution in [0.25, 0.3) is 10.8 Å². The summed E-state index contributed by atoms with van der Waals surface area (Å²) in [5.41, 5.74) is 0.837. The van der Waals surface area contributed by atoms with Crippen LogP contribution >= 0.6 is 0 Å². The van der Waals surface area contributed by atoms with Crippen LogP contribution in [0.15, 0.2) is 42.5 Å². The van der Waals surface area contributed by atoms with Crippen molar-refractivity contribution in [2.45, 2.75) is 13.0 Å². The molecular formula is C20H28N4O2+2. The molecule has 4 N–H and O–H groups in total. The van der Waals surface area contributed by atoms with Crippen molar-refractivity contribution in [2.24, 2.45) is 0 Å². The highest BCUT2D eigenvalue weighted by molar-refractivity contribution is 5.96. The van der Waals surface area contributed by atoms with E-state index in [-0.39, 0.29) is 17.9 Å². The number of quaternary nitrogens is 2. The lowest BCUT2D eigenvalue weighted by Crippen LogP contribution is -3.30. The minimum atomic E-state index is -0.108. The number of fused-ring (bicyclic) bond motifs is 1. The van der Waals surface area contributed by atoms with E-state index in [2.05, 4.69) is 16.7 Å². The number of amides is 2. The zero-order chi connectivity index (χ0) is 18.5. The minimum Gasteiger partial charge on any atom is -0.354 e. The summed E-state index contributed by atoms with van der Waals surface area (Å²) in [5.74, 6) is 0.121. The van der Waals surface area contributed by atoms with Crippen LogP contribution in [0.1, 0.15) is 6.92 Å². The maximum absolute atomic E-state index is 12.7. The van der Waals surface area contributed by atoms with Crippen LogP contribution in [-0.4, -0.2) is 57.6 Å². The van der Waals surface area contributed by atoms with Gasteiger partial charge in [0.15, 0.2) is 12.6 Å². The Morgan fingerprint density at radius 3 is 2.42 bits per heavy atom. The molecule has 2 aromatic carbocycles. The fourth-order valence-electron chi connectivity index (χ4n) is 3.55. The fourth-order valence-corrected chi connectivity index (χ4v) is 3.55. The average Bonchev–Trinajstić information content (AvgIpc) is 2.67. The highest BCUT2D eigenvalue weighted by atomic mass is 16.2. The standard InChI is InChI=1S/C20H26N4O2/c1-15(24-11-9-23(10-12-24)14-19(25)21-2)20(26)22-18-8-7-16-5-3-4-6-17(16)13-18/h3-8,13,15H,9-12,14H2,1-2H3,(H,21,25)(H,22,26)/p+2/t15-/m1/s1. The van der Waals surface area contributed by atoms with Crippen molar-refractivity contribution in [1.82, 2.24) is 5.32 Å². The summed E-state index contributed by atoms with van der Waals surface area (Å²) in [6.45, 7) is 6.13. The third kappa shape index (κ3) is 4.39. The number of carbonyl (C=O) groups excluding carboxylic acids is 2. The Balaban J connectivity index is 1.55. The van der Waals surface area contributed by atoms with Crippen molar-refractivity contribution in [3.05, 3.63) is 42.5 Å². The van der Waals surface area contributed by atoms with Crippen molar-refractivity contribution in [3.63, 3.8) is 0 Å². The maximum Gasteiger partial charge on any atom is 0.282 e. The van der Waals surface area contributed by atoms with E-state index in [4.69, 9.17) is 0 Å². The molecule has 0 spiro atoms. The number of likely N-dealkylation sites (N-methyl/N-ethyl adjacent to an activating group) is 1. The van der Waals surface area contributed by atoms with Crippen LogP contribution in [0.3, 0.4) is 0 Å². The molecule has 0 aromatic heterocycles. The van der Waals surface area contributed by atoms with Gasteiger partial charge in [0.05, 0.1) is 0 Å². The van der Waals surface area contributed by atoms with Crippen LogP contribution in [0.5, 0.6) is 0 Å². The lowest BCUT2D eigenvalue weighted by atomic mass is 10.1. The van der Waals surface area contributed by atoms with Crippen LogP contribution in [-0.2, 0) is 9.59 Å². The number of nitrogens with one attached hydrogen (secondary N) is 4. The predicted molar refractivity (Wildman–Crippen MR) is 102 cm³/mol. The molecule has 26 heavy (non-hydrogen) atoms. The van der Waals surface area contributed by atoms with E-state index in [1.54, 1.807) is 7.05 Å². The zero-order valence-corrected chi connectivity index (χ0v) is 15.5. The molecule has 1 heterocycles. The summed E-state index contributed by atoms with van der Waals surface area (Å²) >= 11 is 0. The van der Waals surface area contributed by atoms with Crippen LogP contribution in [0.4, 0.5) is 5.69 Å². The lowest BCUT2D eigenvalue weighted by molar-refractivity contribution is -1.01. The van der Waals surface area contributed by atoms with Gasteiger partial charge in [-0.25, -0.2) is 0 Å². The Bertz CT molecular complexity index is 784. The van der Waals surface area contributed by atoms with Crippen LogP contribution in [0, 0.1) is 0 Å². The van der Waals surface area contributed by atoms with E-state index in [1.165, 1.54) is 15.2 Å². The zero-order valence-electron chi connectivity index (χ0n) is 15.5. The first-order valence-corrected chi connectivity index (χ1v) is 9.25. The summed E-state index contributed by atoms with van der Waals surface area (Å²) in [6, 6.07) is 14.0. The first kappa shape index (κ1) is 18.4. The molecule has 0 aliphatic carbocycles. The fraction of sp³-hybridized carbons (Fsp3) is 0.400. The van der Waals surface area contributed by atoms with Gasteiger partial charge in [0, 0.05) is 12.7 Å². The molecule has 0 saturated carbocycles. The van der Waals surface area contributed by atoms with Gasteiger partial charge < -0.3 is 20.4 Å². The second kappa shape index (κ2) is 8.29. The number of carbonyl (C=O) groups is 2. The Hall–Kier alpha value is -2.44. The van der Waals surface area contributed by atoms with Crippen molar-refractivity contribution >= 4 is 28.3 Å². The number of benzene rings is 2. The second-order valence-corrected chi connectivity index (χ2v) is 7.03. The molecule has 6 heteroatoms. The molecule has 0 radical (unpaired) electrons. The summed E-state index contributed by atoms with van der Waals surface area (Å²) in [5, 5.41) is 8.01. The third-order valence-corrected chi connectivity index (χ3v) is 5.31. The number of hydrogen-bond acceptors (Lipinski definition) is 2. The minimum absolute atomic E-state index is 0.0463. The summed E-state index contributed by atoms with van der Waals surface area (Å²) in [7, 11) is 1.67. The van der Waals surface area contributed by atoms with Gasteiger partial charge in [-0.3, -0.25) is 9.59 Å². The Kier molecular flexibility index (Phi) is 5.85. The normalized spacial score (nSPS) is 21.2. The van der Waals surface area contributed by atoms with Gasteiger partial charge in [-0.2, -0.15) is 0 Å². The third-order valence-electron chi connectivity index (χ3n) is 5.31. The smallest absolute Gasteiger partial charge is 0.282 e. The highest BCUT2D eigenvalue weighted by Gasteiger charge is 2.31. The number of hydrogen-bond donors (Lipinski definition) is 4. The Labute approximate surface area is 154 Å². The van der Waals surface area contributed by atoms with Gasteiger partial charge >= 0.3 is 0 Å². The largest absolute Gasteiger partial charge is 0.354 e. The van der Waals surface area contributed by atoms with Gasteiger partial charge in [-0.1, -0.05) is 30.3 Å². The summed E-state index contributed by atoms with van der Waals surface area (Å²) in [4.78, 5) is 26.7. The second-order valence-electron chi connectivity index (χ2n) is 7.03. The first-order chi connectivity index (χ1) is 12.6. The number of anilines is 1. The van der Waals surface area contributed by atoms with E-state index in [0.717, 1.165) is 37.3 Å². The topological polar surface area (TPSA) is 67.1 Å². The van der Waals surface area contributed by atoms with Crippen molar-refractivity contribution in [2.75, 3.05) is 45.1 Å². The number of piperazine rings is 1. The SMILES string of the molecule is CNC(=O)C[NH+]1CC[NH+]([C@H](C)C(=O)Nc2ccc3ccccc3c2)CC1. The Morgan fingerprint density at radius 1 is 1.04 bits per heavy atom. The summed E-state index contributed by atoms with van der Waals surface area (Å²) < 4.78 is 0. The van der Waals surface area contributed by atoms with Crippen LogP contribution in [0.2, 0.25) is 0 Å². The van der Waals surface area contributed by atoms with Crippen molar-refractivity contribution in [3.8, 4) is 0 Å². The lowest BCUT2D eigenvalue weighted by Gasteiger charge is -2.32. The first-order valence-electron chi connectivity index (χ1n) is 9.25. The van der Waals surface area contributed by atoms with E-state index >= 15 is 0 Å². The molecule has 2 aromatic rings. The van der Waals surface area contributed by atoms with Gasteiger partial charge in [0.25, 0.3) is 11.8 Å². The molecule has 1 fully saturated rings. The maximum atomic E-state index is 12.7. The molecule has 3 rings (SSSR count). The molecule has 1 aliphatic heterocycles. The molecule has 138 valence electrons. The van der Waals surface area contributed by atoms with Gasteiger partial charge in [0.2, 0.25) is 0 Å². The number of rotatable bonds is 5. The van der Waals surface area contributed by atoms with Gasteiger partial charge in [-0.15, -0.1) is 0 Å². The van der Waals surface area contributed by atoms with E-state index < -0.39 is 0 Å². The molecule has 1 atom stereocenters. The van der Waals surface area contributed by atoms with E-state index in [0.29, 0.717) is 6.54 Å². The van der Waals surface area contributed by atoms with E-state index in [9.17, 15) is 9.59 Å². The molecular weight excluding hydrogens is 328 g/mol. The summed E-state index contributed by atoms with van der Waals surface area (Å²) in [6.07, 6.45) is 0. The highest BCUT2D eigenvalue weighted by Crippen LogP contribution is 2.18. The molecule has 1 aliphatic rings.